The van der Waals surface area contributed by atoms with Crippen LogP contribution in [-0.4, -0.2) is 6.61 Å². The SMILES string of the molecule is CCOc1cc(CNCc2ccc(F)cc2)cc(Cl)c1OCc1ccc(Cl)cc1Cl. The van der Waals surface area contributed by atoms with Gasteiger partial charge in [-0.2, -0.15) is 0 Å². The maximum atomic E-state index is 13.0. The predicted molar refractivity (Wildman–Crippen MR) is 120 cm³/mol. The van der Waals surface area contributed by atoms with E-state index in [9.17, 15) is 4.39 Å². The first-order valence-corrected chi connectivity index (χ1v) is 10.6. The van der Waals surface area contributed by atoms with Gasteiger partial charge in [0.25, 0.3) is 0 Å². The van der Waals surface area contributed by atoms with Crippen LogP contribution in [0.15, 0.2) is 54.6 Å². The number of ether oxygens (including phenoxy) is 2. The molecule has 0 bridgehead atoms. The van der Waals surface area contributed by atoms with E-state index in [2.05, 4.69) is 5.32 Å². The van der Waals surface area contributed by atoms with Gasteiger partial charge in [0.2, 0.25) is 0 Å². The molecule has 0 aliphatic heterocycles. The van der Waals surface area contributed by atoms with Crippen LogP contribution in [0.25, 0.3) is 0 Å². The largest absolute Gasteiger partial charge is 0.490 e. The molecule has 0 aromatic heterocycles. The molecule has 158 valence electrons. The molecule has 3 rings (SSSR count). The van der Waals surface area contributed by atoms with Gasteiger partial charge in [0, 0.05) is 28.7 Å². The summed E-state index contributed by atoms with van der Waals surface area (Å²) >= 11 is 18.6. The molecule has 0 aliphatic carbocycles. The average molecular weight is 469 g/mol. The predicted octanol–water partition coefficient (Wildman–Crippen LogP) is 7.05. The van der Waals surface area contributed by atoms with Crippen molar-refractivity contribution in [3.8, 4) is 11.5 Å². The van der Waals surface area contributed by atoms with Crippen molar-refractivity contribution in [3.63, 3.8) is 0 Å². The Morgan fingerprint density at radius 2 is 1.57 bits per heavy atom. The Hall–Kier alpha value is -1.98. The molecule has 3 nitrogen and oxygen atoms in total. The molecule has 0 radical (unpaired) electrons. The zero-order chi connectivity index (χ0) is 21.5. The first-order valence-electron chi connectivity index (χ1n) is 9.43. The minimum absolute atomic E-state index is 0.234. The monoisotopic (exact) mass is 467 g/mol. The molecule has 0 amide bonds. The first kappa shape index (κ1) is 22.7. The highest BCUT2D eigenvalue weighted by Gasteiger charge is 2.14. The molecule has 30 heavy (non-hydrogen) atoms. The van der Waals surface area contributed by atoms with E-state index in [1.165, 1.54) is 12.1 Å². The maximum Gasteiger partial charge on any atom is 0.180 e. The maximum absolute atomic E-state index is 13.0. The fourth-order valence-corrected chi connectivity index (χ4v) is 3.62. The van der Waals surface area contributed by atoms with Gasteiger partial charge in [-0.25, -0.2) is 4.39 Å². The number of nitrogens with one attached hydrogen (secondary N) is 1. The molecule has 0 fully saturated rings. The molecule has 0 saturated heterocycles. The normalized spacial score (nSPS) is 10.8. The Bertz CT molecular complexity index is 996. The molecular formula is C23H21Cl3FNO2. The lowest BCUT2D eigenvalue weighted by molar-refractivity contribution is 0.269. The summed E-state index contributed by atoms with van der Waals surface area (Å²) in [5.41, 5.74) is 2.74. The molecular weight excluding hydrogens is 448 g/mol. The second-order valence-corrected chi connectivity index (χ2v) is 7.84. The number of hydrogen-bond acceptors (Lipinski definition) is 3. The molecule has 0 heterocycles. The summed E-state index contributed by atoms with van der Waals surface area (Å²) in [4.78, 5) is 0. The van der Waals surface area contributed by atoms with E-state index in [1.807, 2.05) is 25.1 Å². The van der Waals surface area contributed by atoms with Gasteiger partial charge in [0.1, 0.15) is 12.4 Å². The second-order valence-electron chi connectivity index (χ2n) is 6.59. The van der Waals surface area contributed by atoms with Crippen molar-refractivity contribution < 1.29 is 13.9 Å². The van der Waals surface area contributed by atoms with E-state index in [1.54, 1.807) is 24.3 Å². The number of rotatable bonds is 9. The van der Waals surface area contributed by atoms with E-state index in [4.69, 9.17) is 44.3 Å². The van der Waals surface area contributed by atoms with Crippen molar-refractivity contribution in [1.29, 1.82) is 0 Å². The van der Waals surface area contributed by atoms with E-state index >= 15 is 0 Å². The van der Waals surface area contributed by atoms with Crippen molar-refractivity contribution >= 4 is 34.8 Å². The summed E-state index contributed by atoms with van der Waals surface area (Å²) in [7, 11) is 0. The zero-order valence-corrected chi connectivity index (χ0v) is 18.6. The van der Waals surface area contributed by atoms with Crippen LogP contribution in [0.3, 0.4) is 0 Å². The Balaban J connectivity index is 1.68. The standard InChI is InChI=1S/C23H21Cl3FNO2/c1-2-29-22-10-16(13-28-12-15-3-7-19(27)8-4-15)9-21(26)23(22)30-14-17-5-6-18(24)11-20(17)25/h3-11,28H,2,12-14H2,1H3. The van der Waals surface area contributed by atoms with Crippen LogP contribution in [0.1, 0.15) is 23.6 Å². The smallest absolute Gasteiger partial charge is 0.180 e. The molecule has 3 aromatic rings. The summed E-state index contributed by atoms with van der Waals surface area (Å²) < 4.78 is 24.7. The van der Waals surface area contributed by atoms with Crippen molar-refractivity contribution in [3.05, 3.63) is 92.2 Å². The third kappa shape index (κ3) is 6.26. The van der Waals surface area contributed by atoms with Crippen molar-refractivity contribution in [2.45, 2.75) is 26.6 Å². The zero-order valence-electron chi connectivity index (χ0n) is 16.4. The van der Waals surface area contributed by atoms with Crippen LogP contribution in [-0.2, 0) is 19.7 Å². The van der Waals surface area contributed by atoms with Crippen LogP contribution in [0, 0.1) is 5.82 Å². The fraction of sp³-hybridized carbons (Fsp3) is 0.217. The van der Waals surface area contributed by atoms with Gasteiger partial charge >= 0.3 is 0 Å². The minimum atomic E-state index is -0.248. The van der Waals surface area contributed by atoms with Gasteiger partial charge in [-0.3, -0.25) is 0 Å². The molecule has 0 unspecified atom stereocenters. The topological polar surface area (TPSA) is 30.5 Å². The Labute approximate surface area is 190 Å². The van der Waals surface area contributed by atoms with Gasteiger partial charge in [0.05, 0.1) is 11.6 Å². The summed E-state index contributed by atoms with van der Waals surface area (Å²) in [6.07, 6.45) is 0. The number of benzene rings is 3. The van der Waals surface area contributed by atoms with Gasteiger partial charge in [-0.1, -0.05) is 53.0 Å². The lowest BCUT2D eigenvalue weighted by Gasteiger charge is -2.16. The summed E-state index contributed by atoms with van der Waals surface area (Å²) in [6, 6.07) is 15.4. The second kappa shape index (κ2) is 10.9. The third-order valence-electron chi connectivity index (χ3n) is 4.33. The number of halogens is 4. The first-order chi connectivity index (χ1) is 14.5. The molecule has 0 aliphatic rings. The summed E-state index contributed by atoms with van der Waals surface area (Å²) in [6.45, 7) is 3.78. The van der Waals surface area contributed by atoms with Crippen molar-refractivity contribution in [2.24, 2.45) is 0 Å². The third-order valence-corrected chi connectivity index (χ3v) is 5.20. The van der Waals surface area contributed by atoms with E-state index < -0.39 is 0 Å². The average Bonchev–Trinajstić information content (AvgIpc) is 2.70. The van der Waals surface area contributed by atoms with Crippen LogP contribution in [0.4, 0.5) is 4.39 Å². The quantitative estimate of drug-likeness (QED) is 0.365. The van der Waals surface area contributed by atoms with Crippen LogP contribution < -0.4 is 14.8 Å². The van der Waals surface area contributed by atoms with E-state index in [-0.39, 0.29) is 12.4 Å². The van der Waals surface area contributed by atoms with Crippen molar-refractivity contribution in [1.82, 2.24) is 5.32 Å². The highest BCUT2D eigenvalue weighted by molar-refractivity contribution is 6.35. The summed E-state index contributed by atoms with van der Waals surface area (Å²) in [5.74, 6) is 0.780. The molecule has 1 N–H and O–H groups in total. The lowest BCUT2D eigenvalue weighted by Crippen LogP contribution is -2.13. The molecule has 7 heteroatoms. The van der Waals surface area contributed by atoms with Gasteiger partial charge in [-0.15, -0.1) is 0 Å². The summed E-state index contributed by atoms with van der Waals surface area (Å²) in [5, 5.41) is 4.86. The van der Waals surface area contributed by atoms with E-state index in [0.29, 0.717) is 46.3 Å². The van der Waals surface area contributed by atoms with Gasteiger partial charge < -0.3 is 14.8 Å². The van der Waals surface area contributed by atoms with Crippen LogP contribution in [0.2, 0.25) is 15.1 Å². The minimum Gasteiger partial charge on any atom is -0.490 e. The fourth-order valence-electron chi connectivity index (χ4n) is 2.87. The van der Waals surface area contributed by atoms with Crippen LogP contribution >= 0.6 is 34.8 Å². The lowest BCUT2D eigenvalue weighted by atomic mass is 10.1. The van der Waals surface area contributed by atoms with Gasteiger partial charge in [0.15, 0.2) is 11.5 Å². The van der Waals surface area contributed by atoms with Crippen LogP contribution in [0.5, 0.6) is 11.5 Å². The van der Waals surface area contributed by atoms with E-state index in [0.717, 1.165) is 16.7 Å². The molecule has 3 aromatic carbocycles. The Kier molecular flexibility index (Phi) is 8.23. The molecule has 0 saturated carbocycles. The molecule has 0 atom stereocenters. The Morgan fingerprint density at radius 3 is 2.27 bits per heavy atom. The van der Waals surface area contributed by atoms with Gasteiger partial charge in [-0.05, 0) is 54.4 Å². The highest BCUT2D eigenvalue weighted by atomic mass is 35.5. The van der Waals surface area contributed by atoms with Crippen molar-refractivity contribution in [2.75, 3.05) is 6.61 Å². The Morgan fingerprint density at radius 1 is 0.833 bits per heavy atom. The molecule has 0 spiro atoms. The highest BCUT2D eigenvalue weighted by Crippen LogP contribution is 2.37. The number of hydrogen-bond donors (Lipinski definition) is 1.